The molecule has 0 aromatic heterocycles. The topological polar surface area (TPSA) is 98.8 Å². The number of hydrogen-bond acceptors (Lipinski definition) is 5. The third kappa shape index (κ3) is 4.35. The Morgan fingerprint density at radius 3 is 2.65 bits per heavy atom. The predicted octanol–water partition coefficient (Wildman–Crippen LogP) is 1.92. The Kier molecular flexibility index (Phi) is 6.07. The molecular formula is C24H24F2N4O4. The molecule has 0 spiro atoms. The summed E-state index contributed by atoms with van der Waals surface area (Å²) in [6.07, 6.45) is 0.400. The maximum atomic E-state index is 14.7. The van der Waals surface area contributed by atoms with E-state index in [4.69, 9.17) is 0 Å². The molecule has 178 valence electrons. The third-order valence-electron chi connectivity index (χ3n) is 6.05. The molecule has 1 fully saturated rings. The molecule has 2 aliphatic heterocycles. The van der Waals surface area contributed by atoms with E-state index in [0.29, 0.717) is 22.4 Å². The maximum absolute atomic E-state index is 14.7. The second kappa shape index (κ2) is 8.85. The molecule has 0 radical (unpaired) electrons. The molecule has 0 aliphatic carbocycles. The van der Waals surface area contributed by atoms with Gasteiger partial charge in [0.05, 0.1) is 0 Å². The van der Waals surface area contributed by atoms with Crippen LogP contribution in [0.2, 0.25) is 0 Å². The van der Waals surface area contributed by atoms with Gasteiger partial charge in [-0.1, -0.05) is 24.3 Å². The fraction of sp³-hybridized carbons (Fsp3) is 0.333. The van der Waals surface area contributed by atoms with Gasteiger partial charge in [-0.3, -0.25) is 24.5 Å². The van der Waals surface area contributed by atoms with Gasteiger partial charge in [-0.2, -0.15) is 8.78 Å². The van der Waals surface area contributed by atoms with Crippen molar-refractivity contribution in [2.24, 2.45) is 0 Å². The van der Waals surface area contributed by atoms with Crippen LogP contribution in [-0.2, 0) is 33.4 Å². The Morgan fingerprint density at radius 2 is 1.94 bits per heavy atom. The summed E-state index contributed by atoms with van der Waals surface area (Å²) in [5.74, 6) is -6.35. The molecule has 1 unspecified atom stereocenters. The smallest absolute Gasteiger partial charge is 0.349 e. The van der Waals surface area contributed by atoms with E-state index in [1.54, 1.807) is 43.3 Å². The SMILES string of the molecule is CN(C)c1cccc(C(F)(F)C(=O)NCc2ccc3c(c2)CN(C2CCC(=O)NC2=O)C3=O)c1. The van der Waals surface area contributed by atoms with Crippen molar-refractivity contribution < 1.29 is 28.0 Å². The van der Waals surface area contributed by atoms with Crippen LogP contribution in [0.25, 0.3) is 0 Å². The van der Waals surface area contributed by atoms with Gasteiger partial charge in [0, 0.05) is 50.4 Å². The molecule has 10 heteroatoms. The number of alkyl halides is 2. The third-order valence-corrected chi connectivity index (χ3v) is 6.05. The van der Waals surface area contributed by atoms with Crippen LogP contribution in [0.4, 0.5) is 14.5 Å². The minimum atomic E-state index is -3.72. The van der Waals surface area contributed by atoms with Gasteiger partial charge in [0.15, 0.2) is 0 Å². The average molecular weight is 470 g/mol. The summed E-state index contributed by atoms with van der Waals surface area (Å²) in [6.45, 7) is 0.0113. The van der Waals surface area contributed by atoms with E-state index in [1.165, 1.54) is 23.1 Å². The highest BCUT2D eigenvalue weighted by Gasteiger charge is 2.41. The first-order valence-electron chi connectivity index (χ1n) is 10.8. The van der Waals surface area contributed by atoms with E-state index < -0.39 is 29.3 Å². The van der Waals surface area contributed by atoms with Crippen molar-refractivity contribution in [2.45, 2.75) is 37.9 Å². The molecule has 0 bridgehead atoms. The van der Waals surface area contributed by atoms with Crippen LogP contribution in [0, 0.1) is 0 Å². The highest BCUT2D eigenvalue weighted by molar-refractivity contribution is 6.05. The summed E-state index contributed by atoms with van der Waals surface area (Å²) >= 11 is 0. The first-order chi connectivity index (χ1) is 16.1. The largest absolute Gasteiger partial charge is 0.378 e. The molecule has 0 saturated carbocycles. The minimum absolute atomic E-state index is 0.151. The number of anilines is 1. The van der Waals surface area contributed by atoms with E-state index in [2.05, 4.69) is 10.6 Å². The van der Waals surface area contributed by atoms with Crippen molar-refractivity contribution >= 4 is 29.3 Å². The Balaban J connectivity index is 1.43. The Bertz CT molecular complexity index is 1180. The molecule has 2 aromatic carbocycles. The fourth-order valence-electron chi connectivity index (χ4n) is 4.14. The van der Waals surface area contributed by atoms with Gasteiger partial charge < -0.3 is 15.1 Å². The highest BCUT2D eigenvalue weighted by Crippen LogP contribution is 2.31. The zero-order valence-corrected chi connectivity index (χ0v) is 18.7. The number of imide groups is 1. The normalized spacial score (nSPS) is 17.9. The second-order valence-corrected chi connectivity index (χ2v) is 8.59. The molecule has 1 saturated heterocycles. The van der Waals surface area contributed by atoms with Crippen LogP contribution in [0.5, 0.6) is 0 Å². The summed E-state index contributed by atoms with van der Waals surface area (Å²) in [5, 5.41) is 4.51. The van der Waals surface area contributed by atoms with Crippen molar-refractivity contribution in [3.8, 4) is 0 Å². The van der Waals surface area contributed by atoms with Crippen LogP contribution in [-0.4, -0.2) is 48.7 Å². The van der Waals surface area contributed by atoms with Crippen LogP contribution in [0.3, 0.4) is 0 Å². The lowest BCUT2D eigenvalue weighted by atomic mass is 10.0. The van der Waals surface area contributed by atoms with Crippen LogP contribution in [0.15, 0.2) is 42.5 Å². The number of halogens is 2. The van der Waals surface area contributed by atoms with Gasteiger partial charge in [-0.05, 0) is 35.7 Å². The first kappa shape index (κ1) is 23.3. The van der Waals surface area contributed by atoms with Gasteiger partial charge in [0.25, 0.3) is 11.8 Å². The summed E-state index contributed by atoms with van der Waals surface area (Å²) in [4.78, 5) is 51.7. The number of hydrogen-bond donors (Lipinski definition) is 2. The molecule has 4 rings (SSSR count). The van der Waals surface area contributed by atoms with Crippen molar-refractivity contribution in [3.05, 3.63) is 64.7 Å². The quantitative estimate of drug-likeness (QED) is 0.629. The summed E-state index contributed by atoms with van der Waals surface area (Å²) < 4.78 is 29.5. The van der Waals surface area contributed by atoms with Crippen LogP contribution in [0.1, 0.15) is 39.9 Å². The van der Waals surface area contributed by atoms with Crippen LogP contribution >= 0.6 is 0 Å². The van der Waals surface area contributed by atoms with E-state index in [0.717, 1.165) is 0 Å². The first-order valence-corrected chi connectivity index (χ1v) is 10.8. The number of carbonyl (C=O) groups is 4. The van der Waals surface area contributed by atoms with E-state index in [9.17, 15) is 28.0 Å². The van der Waals surface area contributed by atoms with Crippen molar-refractivity contribution in [1.82, 2.24) is 15.5 Å². The standard InChI is InChI=1S/C24H24F2N4O4/c1-29(2)17-5-3-4-16(11-17)24(25,26)23(34)27-12-14-6-7-18-15(10-14)13-30(22(18)33)19-8-9-20(31)28-21(19)32/h3-7,10-11,19H,8-9,12-13H2,1-2H3,(H,27,34)(H,28,31,32). The van der Waals surface area contributed by atoms with Gasteiger partial charge in [0.1, 0.15) is 6.04 Å². The number of benzene rings is 2. The molecule has 8 nitrogen and oxygen atoms in total. The van der Waals surface area contributed by atoms with E-state index in [1.807, 2.05) is 0 Å². The number of nitrogens with one attached hydrogen (secondary N) is 2. The Hall–Kier alpha value is -3.82. The average Bonchev–Trinajstić information content (AvgIpc) is 3.13. The molecule has 2 aliphatic rings. The van der Waals surface area contributed by atoms with E-state index in [-0.39, 0.29) is 37.7 Å². The van der Waals surface area contributed by atoms with Crippen molar-refractivity contribution in [1.29, 1.82) is 0 Å². The highest BCUT2D eigenvalue weighted by atomic mass is 19.3. The lowest BCUT2D eigenvalue weighted by Crippen LogP contribution is -2.52. The van der Waals surface area contributed by atoms with Crippen LogP contribution < -0.4 is 15.5 Å². The predicted molar refractivity (Wildman–Crippen MR) is 119 cm³/mol. The summed E-state index contributed by atoms with van der Waals surface area (Å²) in [6, 6.07) is 9.67. The number of piperidine rings is 1. The Morgan fingerprint density at radius 1 is 1.18 bits per heavy atom. The summed E-state index contributed by atoms with van der Waals surface area (Å²) in [5.41, 5.74) is 1.73. The molecular weight excluding hydrogens is 446 g/mol. The number of rotatable bonds is 6. The van der Waals surface area contributed by atoms with Crippen molar-refractivity contribution in [2.75, 3.05) is 19.0 Å². The lowest BCUT2D eigenvalue weighted by Gasteiger charge is -2.29. The molecule has 2 aromatic rings. The fourth-order valence-corrected chi connectivity index (χ4v) is 4.14. The van der Waals surface area contributed by atoms with Crippen molar-refractivity contribution in [3.63, 3.8) is 0 Å². The number of amides is 4. The van der Waals surface area contributed by atoms with Gasteiger partial charge >= 0.3 is 5.92 Å². The molecule has 2 heterocycles. The monoisotopic (exact) mass is 470 g/mol. The lowest BCUT2D eigenvalue weighted by molar-refractivity contribution is -0.147. The summed E-state index contributed by atoms with van der Waals surface area (Å²) in [7, 11) is 3.44. The maximum Gasteiger partial charge on any atom is 0.349 e. The van der Waals surface area contributed by atoms with E-state index >= 15 is 0 Å². The molecule has 2 N–H and O–H groups in total. The van der Waals surface area contributed by atoms with Gasteiger partial charge in [-0.25, -0.2) is 0 Å². The number of carbonyl (C=O) groups excluding carboxylic acids is 4. The number of nitrogens with zero attached hydrogens (tertiary/aromatic N) is 2. The van der Waals surface area contributed by atoms with Gasteiger partial charge in [-0.15, -0.1) is 0 Å². The molecule has 4 amide bonds. The zero-order chi connectivity index (χ0) is 24.6. The molecule has 1 atom stereocenters. The zero-order valence-electron chi connectivity index (χ0n) is 18.7. The number of fused-ring (bicyclic) bond motifs is 1. The van der Waals surface area contributed by atoms with Gasteiger partial charge in [0.2, 0.25) is 11.8 Å². The Labute approximate surface area is 194 Å². The second-order valence-electron chi connectivity index (χ2n) is 8.59. The molecule has 34 heavy (non-hydrogen) atoms. The minimum Gasteiger partial charge on any atom is -0.378 e.